The average Bonchev–Trinajstić information content (AvgIpc) is 2.33. The summed E-state index contributed by atoms with van der Waals surface area (Å²) in [6.45, 7) is 9.14. The van der Waals surface area contributed by atoms with Gasteiger partial charge in [-0.25, -0.2) is 0 Å². The largest absolute Gasteiger partial charge is 0.306 e. The van der Waals surface area contributed by atoms with Crippen LogP contribution in [0.5, 0.6) is 0 Å². The molecular formula is C17H26ClN. The van der Waals surface area contributed by atoms with Crippen LogP contribution in [0.3, 0.4) is 0 Å². The fraction of sp³-hybridized carbons (Fsp3) is 0.647. The second-order valence-corrected chi connectivity index (χ2v) is 7.41. The fourth-order valence-electron chi connectivity index (χ4n) is 2.76. The second-order valence-electron chi connectivity index (χ2n) is 7.01. The lowest BCUT2D eigenvalue weighted by molar-refractivity contribution is 0.219. The highest BCUT2D eigenvalue weighted by atomic mass is 35.5. The van der Waals surface area contributed by atoms with Crippen LogP contribution < -0.4 is 0 Å². The van der Waals surface area contributed by atoms with Crippen molar-refractivity contribution in [3.05, 3.63) is 34.3 Å². The third kappa shape index (κ3) is 3.97. The molecule has 0 spiro atoms. The summed E-state index contributed by atoms with van der Waals surface area (Å²) >= 11 is 6.47. The van der Waals surface area contributed by atoms with Crippen molar-refractivity contribution in [3.63, 3.8) is 0 Å². The molecule has 1 fully saturated rings. The van der Waals surface area contributed by atoms with Gasteiger partial charge in [0.25, 0.3) is 0 Å². The molecule has 0 amide bonds. The van der Waals surface area contributed by atoms with Crippen LogP contribution >= 0.6 is 11.6 Å². The number of piperidine rings is 1. The minimum Gasteiger partial charge on any atom is -0.306 e. The summed E-state index contributed by atoms with van der Waals surface area (Å²) in [5.41, 5.74) is 2.82. The van der Waals surface area contributed by atoms with Gasteiger partial charge < -0.3 is 4.90 Å². The summed E-state index contributed by atoms with van der Waals surface area (Å²) in [4.78, 5) is 2.42. The van der Waals surface area contributed by atoms with E-state index in [1.54, 1.807) is 0 Å². The minimum absolute atomic E-state index is 0.176. The first-order valence-corrected chi connectivity index (χ1v) is 7.71. The molecule has 0 bridgehead atoms. The van der Waals surface area contributed by atoms with Crippen LogP contribution in [0.15, 0.2) is 18.2 Å². The lowest BCUT2D eigenvalue weighted by Crippen LogP contribution is -2.31. The van der Waals surface area contributed by atoms with Gasteiger partial charge in [-0.1, -0.05) is 44.5 Å². The van der Waals surface area contributed by atoms with Crippen LogP contribution in [0.1, 0.15) is 44.7 Å². The highest BCUT2D eigenvalue weighted by Crippen LogP contribution is 2.30. The predicted molar refractivity (Wildman–Crippen MR) is 84.1 cm³/mol. The monoisotopic (exact) mass is 279 g/mol. The molecule has 0 aromatic heterocycles. The third-order valence-electron chi connectivity index (χ3n) is 4.27. The Morgan fingerprint density at radius 2 is 1.84 bits per heavy atom. The fourth-order valence-corrected chi connectivity index (χ4v) is 3.01. The van der Waals surface area contributed by atoms with Crippen LogP contribution in [0, 0.1) is 5.92 Å². The Morgan fingerprint density at radius 3 is 2.37 bits per heavy atom. The molecular weight excluding hydrogens is 254 g/mol. The molecule has 1 heterocycles. The molecule has 1 aromatic rings. The SMILES string of the molecule is CN1CCC(Cc2ccc(C(C)(C)C)cc2Cl)CC1. The van der Waals surface area contributed by atoms with Gasteiger partial charge in [0.15, 0.2) is 0 Å². The molecule has 19 heavy (non-hydrogen) atoms. The third-order valence-corrected chi connectivity index (χ3v) is 4.62. The Hall–Kier alpha value is -0.530. The van der Waals surface area contributed by atoms with E-state index in [0.29, 0.717) is 0 Å². The van der Waals surface area contributed by atoms with Crippen molar-refractivity contribution in [1.29, 1.82) is 0 Å². The summed E-state index contributed by atoms with van der Waals surface area (Å²) in [6, 6.07) is 6.64. The van der Waals surface area contributed by atoms with Crippen molar-refractivity contribution in [1.82, 2.24) is 4.90 Å². The van der Waals surface area contributed by atoms with Crippen LogP contribution in [-0.4, -0.2) is 25.0 Å². The molecule has 1 aromatic carbocycles. The summed E-state index contributed by atoms with van der Waals surface area (Å²) in [6.07, 6.45) is 3.73. The Labute approximate surface area is 123 Å². The number of halogens is 1. The first-order chi connectivity index (χ1) is 8.86. The van der Waals surface area contributed by atoms with Crippen molar-refractivity contribution in [2.24, 2.45) is 5.92 Å². The summed E-state index contributed by atoms with van der Waals surface area (Å²) in [5.74, 6) is 0.800. The summed E-state index contributed by atoms with van der Waals surface area (Å²) < 4.78 is 0. The van der Waals surface area contributed by atoms with Gasteiger partial charge in [-0.05, 0) is 67.9 Å². The molecule has 1 aliphatic rings. The number of hydrogen-bond donors (Lipinski definition) is 0. The minimum atomic E-state index is 0.176. The average molecular weight is 280 g/mol. The number of rotatable bonds is 2. The molecule has 1 aliphatic heterocycles. The van der Waals surface area contributed by atoms with E-state index in [4.69, 9.17) is 11.6 Å². The maximum absolute atomic E-state index is 6.47. The van der Waals surface area contributed by atoms with Gasteiger partial charge in [0.1, 0.15) is 0 Å². The molecule has 1 nitrogen and oxygen atoms in total. The normalized spacial score (nSPS) is 18.8. The molecule has 1 saturated heterocycles. The van der Waals surface area contributed by atoms with Gasteiger partial charge in [0.05, 0.1) is 0 Å². The van der Waals surface area contributed by atoms with Gasteiger partial charge >= 0.3 is 0 Å². The van der Waals surface area contributed by atoms with Gasteiger partial charge in [-0.15, -0.1) is 0 Å². The number of hydrogen-bond acceptors (Lipinski definition) is 1. The van der Waals surface area contributed by atoms with E-state index in [1.165, 1.54) is 37.1 Å². The van der Waals surface area contributed by atoms with Crippen molar-refractivity contribution < 1.29 is 0 Å². The smallest absolute Gasteiger partial charge is 0.0441 e. The standard InChI is InChI=1S/C17H26ClN/c1-17(2,3)15-6-5-14(16(18)12-15)11-13-7-9-19(4)10-8-13/h5-6,12-13H,7-11H2,1-4H3. The topological polar surface area (TPSA) is 3.24 Å². The van der Waals surface area contributed by atoms with Crippen LogP contribution in [0.2, 0.25) is 5.02 Å². The molecule has 0 N–H and O–H groups in total. The Kier molecular flexibility index (Phi) is 4.58. The lowest BCUT2D eigenvalue weighted by Gasteiger charge is -2.29. The van der Waals surface area contributed by atoms with Crippen molar-refractivity contribution in [3.8, 4) is 0 Å². The zero-order chi connectivity index (χ0) is 14.0. The van der Waals surface area contributed by atoms with E-state index in [-0.39, 0.29) is 5.41 Å². The van der Waals surface area contributed by atoms with Crippen molar-refractivity contribution in [2.45, 2.75) is 45.4 Å². The quantitative estimate of drug-likeness (QED) is 0.769. The first kappa shape index (κ1) is 14.9. The second kappa shape index (κ2) is 5.85. The van der Waals surface area contributed by atoms with Crippen molar-refractivity contribution >= 4 is 11.6 Å². The molecule has 0 aliphatic carbocycles. The first-order valence-electron chi connectivity index (χ1n) is 7.33. The molecule has 0 radical (unpaired) electrons. The van der Waals surface area contributed by atoms with E-state index in [2.05, 4.69) is 50.9 Å². The van der Waals surface area contributed by atoms with E-state index in [1.807, 2.05) is 0 Å². The zero-order valence-electron chi connectivity index (χ0n) is 12.7. The Morgan fingerprint density at radius 1 is 1.21 bits per heavy atom. The molecule has 2 heteroatoms. The highest BCUT2D eigenvalue weighted by Gasteiger charge is 2.19. The lowest BCUT2D eigenvalue weighted by atomic mass is 9.85. The van der Waals surface area contributed by atoms with Gasteiger partial charge in [0.2, 0.25) is 0 Å². The zero-order valence-corrected chi connectivity index (χ0v) is 13.4. The Bertz CT molecular complexity index is 425. The van der Waals surface area contributed by atoms with E-state index < -0.39 is 0 Å². The molecule has 106 valence electrons. The van der Waals surface area contributed by atoms with Gasteiger partial charge in [-0.3, -0.25) is 0 Å². The molecule has 2 rings (SSSR count). The predicted octanol–water partition coefficient (Wildman–Crippen LogP) is 4.52. The van der Waals surface area contributed by atoms with E-state index in [0.717, 1.165) is 17.4 Å². The molecule has 0 unspecified atom stereocenters. The van der Waals surface area contributed by atoms with E-state index in [9.17, 15) is 0 Å². The molecule has 0 atom stereocenters. The van der Waals surface area contributed by atoms with Gasteiger partial charge in [0, 0.05) is 5.02 Å². The van der Waals surface area contributed by atoms with Crippen LogP contribution in [-0.2, 0) is 11.8 Å². The number of likely N-dealkylation sites (tertiary alicyclic amines) is 1. The maximum Gasteiger partial charge on any atom is 0.0441 e. The van der Waals surface area contributed by atoms with Crippen LogP contribution in [0.4, 0.5) is 0 Å². The summed E-state index contributed by atoms with van der Waals surface area (Å²) in [5, 5.41) is 0.950. The van der Waals surface area contributed by atoms with Crippen LogP contribution in [0.25, 0.3) is 0 Å². The van der Waals surface area contributed by atoms with E-state index >= 15 is 0 Å². The maximum atomic E-state index is 6.47. The van der Waals surface area contributed by atoms with Gasteiger partial charge in [-0.2, -0.15) is 0 Å². The molecule has 0 saturated carbocycles. The highest BCUT2D eigenvalue weighted by molar-refractivity contribution is 6.31. The number of benzene rings is 1. The number of nitrogens with zero attached hydrogens (tertiary/aromatic N) is 1. The summed E-state index contributed by atoms with van der Waals surface area (Å²) in [7, 11) is 2.21. The van der Waals surface area contributed by atoms with Crippen molar-refractivity contribution in [2.75, 3.05) is 20.1 Å². The Balaban J connectivity index is 2.05.